The van der Waals surface area contributed by atoms with Gasteiger partial charge in [0.1, 0.15) is 11.5 Å². The third kappa shape index (κ3) is 4.56. The Morgan fingerprint density at radius 2 is 1.91 bits per heavy atom. The molecule has 8 nitrogen and oxygen atoms in total. The van der Waals surface area contributed by atoms with Crippen LogP contribution in [0, 0.1) is 26.0 Å². The number of hydrogen-bond donors (Lipinski definition) is 1. The normalized spacial score (nSPS) is 21.2. The summed E-state index contributed by atoms with van der Waals surface area (Å²) >= 11 is 6.02. The van der Waals surface area contributed by atoms with Crippen LogP contribution < -0.4 is 5.32 Å². The Morgan fingerprint density at radius 1 is 1.25 bits per heavy atom. The van der Waals surface area contributed by atoms with E-state index >= 15 is 0 Å². The second-order valence-electron chi connectivity index (χ2n) is 7.07. The van der Waals surface area contributed by atoms with Gasteiger partial charge >= 0.3 is 11.7 Å². The zero-order chi connectivity index (χ0) is 24.3. The van der Waals surface area contributed by atoms with E-state index in [2.05, 4.69) is 5.32 Å². The number of nitro groups is 2. The Kier molecular flexibility index (Phi) is 7.83. The van der Waals surface area contributed by atoms with Crippen LogP contribution in [0.2, 0.25) is 5.02 Å². The molecule has 1 aliphatic carbocycles. The molecule has 0 spiro atoms. The van der Waals surface area contributed by atoms with Crippen molar-refractivity contribution in [3.63, 3.8) is 0 Å². The van der Waals surface area contributed by atoms with Crippen molar-refractivity contribution < 1.29 is 27.4 Å². The highest BCUT2D eigenvalue weighted by Crippen LogP contribution is 2.45. The number of benzene rings is 1. The van der Waals surface area contributed by atoms with Gasteiger partial charge in [-0.25, -0.2) is 4.39 Å². The van der Waals surface area contributed by atoms with Crippen molar-refractivity contribution in [2.75, 3.05) is 13.1 Å². The second-order valence-corrected chi connectivity index (χ2v) is 7.48. The van der Waals surface area contributed by atoms with Crippen molar-refractivity contribution in [1.82, 2.24) is 10.2 Å². The molecule has 1 aromatic rings. The molecule has 2 rings (SSSR count). The first-order valence-electron chi connectivity index (χ1n) is 9.62. The van der Waals surface area contributed by atoms with E-state index < -0.39 is 45.7 Å². The van der Waals surface area contributed by atoms with Gasteiger partial charge in [-0.05, 0) is 38.1 Å². The Balaban J connectivity index is 2.83. The summed E-state index contributed by atoms with van der Waals surface area (Å²) in [4.78, 5) is 22.1. The molecule has 0 fully saturated rings. The van der Waals surface area contributed by atoms with Gasteiger partial charge in [0.2, 0.25) is 0 Å². The molecule has 0 heterocycles. The largest absolute Gasteiger partial charge is 0.467 e. The van der Waals surface area contributed by atoms with E-state index in [4.69, 9.17) is 11.6 Å². The third-order valence-corrected chi connectivity index (χ3v) is 5.43. The minimum absolute atomic E-state index is 0.116. The molecule has 1 aromatic carbocycles. The van der Waals surface area contributed by atoms with Gasteiger partial charge < -0.3 is 5.32 Å². The quantitative estimate of drug-likeness (QED) is 0.321. The molecular weight excluding hydrogens is 460 g/mol. The molecular formula is C19H21ClF4N4O4. The van der Waals surface area contributed by atoms with Crippen molar-refractivity contribution >= 4 is 11.6 Å². The SMILES string of the molecule is CCCN(Cc1c(F)cccc1Cl)C1C([N+](=O)[O-])=C(NCC)C=CC1([N+](=O)[O-])C(F)(F)F. The predicted octanol–water partition coefficient (Wildman–Crippen LogP) is 4.31. The highest BCUT2D eigenvalue weighted by molar-refractivity contribution is 6.31. The fourth-order valence-electron chi connectivity index (χ4n) is 3.72. The van der Waals surface area contributed by atoms with Gasteiger partial charge in [-0.2, -0.15) is 13.2 Å². The summed E-state index contributed by atoms with van der Waals surface area (Å²) in [6.07, 6.45) is -4.30. The maximum absolute atomic E-state index is 14.4. The summed E-state index contributed by atoms with van der Waals surface area (Å²) in [6.45, 7) is 2.42. The van der Waals surface area contributed by atoms with Gasteiger partial charge in [-0.15, -0.1) is 0 Å². The van der Waals surface area contributed by atoms with Gasteiger partial charge in [-0.1, -0.05) is 24.6 Å². The third-order valence-electron chi connectivity index (χ3n) is 5.07. The fraction of sp³-hybridized carbons (Fsp3) is 0.474. The number of nitrogens with zero attached hydrogens (tertiary/aromatic N) is 3. The van der Waals surface area contributed by atoms with E-state index in [1.807, 2.05) is 0 Å². The molecule has 0 bridgehead atoms. The number of rotatable bonds is 9. The second kappa shape index (κ2) is 9.82. The van der Waals surface area contributed by atoms with Gasteiger partial charge in [0.25, 0.3) is 5.70 Å². The molecule has 1 aliphatic rings. The van der Waals surface area contributed by atoms with E-state index in [0.717, 1.165) is 11.0 Å². The zero-order valence-corrected chi connectivity index (χ0v) is 17.9. The number of nitrogens with one attached hydrogen (secondary N) is 1. The smallest absolute Gasteiger partial charge is 0.380 e. The molecule has 176 valence electrons. The number of halogens is 5. The zero-order valence-electron chi connectivity index (χ0n) is 17.2. The average Bonchev–Trinajstić information content (AvgIpc) is 2.68. The monoisotopic (exact) mass is 480 g/mol. The van der Waals surface area contributed by atoms with Crippen LogP contribution in [0.4, 0.5) is 17.6 Å². The van der Waals surface area contributed by atoms with Crippen molar-refractivity contribution in [2.24, 2.45) is 0 Å². The molecule has 0 aromatic heterocycles. The van der Waals surface area contributed by atoms with Crippen LogP contribution in [-0.2, 0) is 6.54 Å². The summed E-state index contributed by atoms with van der Waals surface area (Å²) in [5, 5.41) is 26.3. The van der Waals surface area contributed by atoms with E-state index in [1.165, 1.54) is 12.1 Å². The Morgan fingerprint density at radius 3 is 2.38 bits per heavy atom. The highest BCUT2D eigenvalue weighted by atomic mass is 35.5. The molecule has 1 N–H and O–H groups in total. The van der Waals surface area contributed by atoms with E-state index in [0.29, 0.717) is 12.2 Å². The lowest BCUT2D eigenvalue weighted by Gasteiger charge is -2.39. The van der Waals surface area contributed by atoms with Gasteiger partial charge in [0.15, 0.2) is 6.04 Å². The van der Waals surface area contributed by atoms with Crippen LogP contribution in [0.3, 0.4) is 0 Å². The number of allylic oxidation sites excluding steroid dienone is 1. The first-order chi connectivity index (χ1) is 14.9. The average molecular weight is 481 g/mol. The standard InChI is InChI=1S/C19H21ClF4N4O4/c1-3-10-26(11-12-13(20)6-5-7-14(12)21)17-16(27(29)30)15(25-4-2)8-9-18(17,28(31)32)19(22,23)24/h5-9,17,25H,3-4,10-11H2,1-2H3. The summed E-state index contributed by atoms with van der Waals surface area (Å²) in [5.41, 5.74) is -5.36. The van der Waals surface area contributed by atoms with Crippen molar-refractivity contribution in [1.29, 1.82) is 0 Å². The highest BCUT2D eigenvalue weighted by Gasteiger charge is 2.74. The van der Waals surface area contributed by atoms with Crippen LogP contribution in [0.1, 0.15) is 25.8 Å². The van der Waals surface area contributed by atoms with Gasteiger partial charge in [0.05, 0.1) is 4.92 Å². The lowest BCUT2D eigenvalue weighted by Crippen LogP contribution is -2.66. The maximum atomic E-state index is 14.4. The van der Waals surface area contributed by atoms with Crippen LogP contribution in [0.5, 0.6) is 0 Å². The predicted molar refractivity (Wildman–Crippen MR) is 109 cm³/mol. The number of likely N-dealkylation sites (N-methyl/N-ethyl adjacent to an activating group) is 1. The van der Waals surface area contributed by atoms with Crippen molar-refractivity contribution in [3.05, 3.63) is 78.4 Å². The van der Waals surface area contributed by atoms with E-state index in [9.17, 15) is 37.8 Å². The van der Waals surface area contributed by atoms with E-state index in [-0.39, 0.29) is 35.8 Å². The summed E-state index contributed by atoms with van der Waals surface area (Å²) < 4.78 is 57.2. The minimum Gasteiger partial charge on any atom is -0.380 e. The Labute approximate surface area is 185 Å². The van der Waals surface area contributed by atoms with Gasteiger partial charge in [-0.3, -0.25) is 25.1 Å². The van der Waals surface area contributed by atoms with E-state index in [1.54, 1.807) is 13.8 Å². The molecule has 13 heteroatoms. The topological polar surface area (TPSA) is 102 Å². The summed E-state index contributed by atoms with van der Waals surface area (Å²) in [7, 11) is 0. The van der Waals surface area contributed by atoms with Gasteiger partial charge in [0, 0.05) is 34.7 Å². The van der Waals surface area contributed by atoms with Crippen LogP contribution >= 0.6 is 11.6 Å². The number of alkyl halides is 3. The van der Waals surface area contributed by atoms with Crippen LogP contribution in [0.25, 0.3) is 0 Å². The molecule has 0 saturated carbocycles. The summed E-state index contributed by atoms with van der Waals surface area (Å²) in [5.74, 6) is -0.845. The molecule has 0 amide bonds. The first kappa shape index (κ1) is 25.5. The van der Waals surface area contributed by atoms with Crippen molar-refractivity contribution in [2.45, 2.75) is 44.6 Å². The minimum atomic E-state index is -5.50. The fourth-order valence-corrected chi connectivity index (χ4v) is 3.94. The molecule has 32 heavy (non-hydrogen) atoms. The molecule has 0 saturated heterocycles. The first-order valence-corrected chi connectivity index (χ1v) is 9.99. The lowest BCUT2D eigenvalue weighted by atomic mass is 9.81. The lowest BCUT2D eigenvalue weighted by molar-refractivity contribution is -0.611. The maximum Gasteiger partial charge on any atom is 0.467 e. The Bertz CT molecular complexity index is 933. The summed E-state index contributed by atoms with van der Waals surface area (Å²) in [6, 6.07) is 1.24. The molecule has 0 radical (unpaired) electrons. The number of hydrogen-bond acceptors (Lipinski definition) is 6. The Hall–Kier alpha value is -2.73. The molecule has 0 aliphatic heterocycles. The van der Waals surface area contributed by atoms with Crippen molar-refractivity contribution in [3.8, 4) is 0 Å². The molecule has 2 atom stereocenters. The molecule has 2 unspecified atom stereocenters. The van der Waals surface area contributed by atoms with Crippen LogP contribution in [-0.4, -0.2) is 45.6 Å². The van der Waals surface area contributed by atoms with Crippen LogP contribution in [0.15, 0.2) is 41.7 Å².